The van der Waals surface area contributed by atoms with Crippen LogP contribution in [0, 0.1) is 11.8 Å². The summed E-state index contributed by atoms with van der Waals surface area (Å²) in [5, 5.41) is 40.1. The van der Waals surface area contributed by atoms with Crippen LogP contribution in [-0.4, -0.2) is 144 Å². The third-order valence-corrected chi connectivity index (χ3v) is 17.6. The number of ether oxygens (including phenoxy) is 2. The van der Waals surface area contributed by atoms with E-state index in [9.17, 15) is 39.0 Å². The maximum absolute atomic E-state index is 14.3. The van der Waals surface area contributed by atoms with Crippen LogP contribution >= 0.6 is 0 Å². The molecule has 0 spiro atoms. The molecule has 0 radical (unpaired) electrons. The van der Waals surface area contributed by atoms with E-state index in [0.29, 0.717) is 13.2 Å². The number of aliphatic hydroxyl groups excluding tert-OH is 2. The molecule has 2 saturated heterocycles. The molecule has 2 aliphatic heterocycles. The van der Waals surface area contributed by atoms with Crippen molar-refractivity contribution in [2.24, 2.45) is 11.8 Å². The molecule has 2 aromatic rings. The standard InChI is InChI=1S/C59H88N8O10/c1-36(60-3)54(70)64-52(38-18-8-5-9-19-38)58(74)66-34-40(68)32-48(66)56(72)62-46-26-14-24-44-42(46)22-16-28-50(44)76-30-12-7-13-31-77-51-29-17-23-43-45(51)25-15-27-47(43)63-57(73)49-33-41(69)35-67(49)59(75)53(39-20-10-6-11-21-39)65-55(71)37(2)61-4/h16-17,22-23,28-29,36-41,46-49,52-53,60-61,68-69H,5-15,18-21,24-27,30-35H2,1-4H3,(H,62,72)(H,63,73)(H,64,70)(H,65,71)/t36?,37?,40-,41-,46+,47+,48-,49-,52?,53?/m0/s1. The molecular formula is C59H88N8O10. The van der Waals surface area contributed by atoms with Crippen LogP contribution in [0.4, 0.5) is 0 Å². The Balaban J connectivity index is 0.814. The summed E-state index contributed by atoms with van der Waals surface area (Å²) in [5.74, 6) is -0.183. The molecule has 18 heteroatoms. The fraction of sp³-hybridized carbons (Fsp3) is 0.695. The van der Waals surface area contributed by atoms with E-state index in [1.54, 1.807) is 27.9 Å². The van der Waals surface area contributed by atoms with Gasteiger partial charge >= 0.3 is 0 Å². The Morgan fingerprint density at radius 2 is 0.961 bits per heavy atom. The summed E-state index contributed by atoms with van der Waals surface area (Å²) in [6, 6.07) is 7.21. The number of hydrogen-bond acceptors (Lipinski definition) is 12. The molecule has 4 fully saturated rings. The van der Waals surface area contributed by atoms with Crippen molar-refractivity contribution in [1.82, 2.24) is 41.7 Å². The number of rotatable bonds is 22. The van der Waals surface area contributed by atoms with Crippen LogP contribution in [0.2, 0.25) is 0 Å². The monoisotopic (exact) mass is 1070 g/mol. The molecule has 4 aliphatic carbocycles. The molecule has 10 atom stereocenters. The zero-order valence-electron chi connectivity index (χ0n) is 46.1. The summed E-state index contributed by atoms with van der Waals surface area (Å²) in [6.45, 7) is 4.62. The highest BCUT2D eigenvalue weighted by atomic mass is 16.5. The fourth-order valence-electron chi connectivity index (χ4n) is 13.0. The molecule has 2 saturated carbocycles. The van der Waals surface area contributed by atoms with Crippen molar-refractivity contribution in [3.05, 3.63) is 58.7 Å². The normalized spacial score (nSPS) is 25.3. The van der Waals surface area contributed by atoms with Gasteiger partial charge in [-0.25, -0.2) is 0 Å². The third kappa shape index (κ3) is 14.3. The van der Waals surface area contributed by atoms with Gasteiger partial charge < -0.3 is 61.4 Å². The van der Waals surface area contributed by atoms with Crippen molar-refractivity contribution < 1.29 is 48.5 Å². The van der Waals surface area contributed by atoms with Crippen molar-refractivity contribution in [3.8, 4) is 11.5 Å². The second kappa shape index (κ2) is 27.5. The molecule has 424 valence electrons. The molecule has 0 bridgehead atoms. The van der Waals surface area contributed by atoms with Crippen molar-refractivity contribution >= 4 is 35.4 Å². The first kappa shape index (κ1) is 57.9. The zero-order valence-corrected chi connectivity index (χ0v) is 46.1. The lowest BCUT2D eigenvalue weighted by atomic mass is 9.83. The van der Waals surface area contributed by atoms with E-state index in [-0.39, 0.29) is 85.3 Å². The van der Waals surface area contributed by atoms with Crippen molar-refractivity contribution in [3.63, 3.8) is 0 Å². The maximum atomic E-state index is 14.3. The van der Waals surface area contributed by atoms with Crippen molar-refractivity contribution in [2.45, 2.75) is 209 Å². The Morgan fingerprint density at radius 3 is 1.35 bits per heavy atom. The van der Waals surface area contributed by atoms with Crippen LogP contribution in [0.3, 0.4) is 0 Å². The molecule has 2 heterocycles. The van der Waals surface area contributed by atoms with E-state index in [2.05, 4.69) is 31.9 Å². The van der Waals surface area contributed by atoms with Crippen LogP contribution in [0.25, 0.3) is 0 Å². The quantitative estimate of drug-likeness (QED) is 0.0758. The first-order chi connectivity index (χ1) is 37.3. The minimum Gasteiger partial charge on any atom is -0.493 e. The summed E-state index contributed by atoms with van der Waals surface area (Å²) in [7, 11) is 3.40. The first-order valence-electron chi connectivity index (χ1n) is 29.3. The van der Waals surface area contributed by atoms with Crippen LogP contribution in [0.1, 0.15) is 170 Å². The van der Waals surface area contributed by atoms with E-state index in [4.69, 9.17) is 9.47 Å². The minimum atomic E-state index is -0.849. The molecule has 2 aromatic carbocycles. The lowest BCUT2D eigenvalue weighted by Gasteiger charge is -2.35. The number of likely N-dealkylation sites (tertiary alicyclic amines) is 2. The number of nitrogens with zero attached hydrogens (tertiary/aromatic N) is 2. The summed E-state index contributed by atoms with van der Waals surface area (Å²) < 4.78 is 12.8. The number of likely N-dealkylation sites (N-methyl/N-ethyl adjacent to an activating group) is 2. The van der Waals surface area contributed by atoms with Gasteiger partial charge in [-0.2, -0.15) is 0 Å². The summed E-state index contributed by atoms with van der Waals surface area (Å²) in [6.07, 6.45) is 15.3. The SMILES string of the molecule is CNC(C)C(=O)NC(C(=O)N1C[C@@H](O)C[C@H]1C(=O)N[C@@H]1CCCc2c(OCCCCCOc3cccc4c3CCC[C@H]4NC(=O)[C@@H]3C[C@H](O)CN3C(=O)C(NC(=O)C(C)NC)C3CCCCC3)cccc21)C1CCCCC1. The number of amides is 6. The molecule has 4 unspecified atom stereocenters. The molecule has 77 heavy (non-hydrogen) atoms. The van der Waals surface area contributed by atoms with Crippen LogP contribution in [0.5, 0.6) is 11.5 Å². The molecule has 6 aliphatic rings. The average molecular weight is 1070 g/mol. The number of hydrogen-bond donors (Lipinski definition) is 8. The van der Waals surface area contributed by atoms with Crippen LogP contribution < -0.4 is 41.4 Å². The molecule has 8 N–H and O–H groups in total. The maximum Gasteiger partial charge on any atom is 0.246 e. The van der Waals surface area contributed by atoms with Gasteiger partial charge in [0.05, 0.1) is 49.6 Å². The molecule has 0 aromatic heterocycles. The Kier molecular flexibility index (Phi) is 20.7. The number of benzene rings is 2. The van der Waals surface area contributed by atoms with E-state index in [0.717, 1.165) is 156 Å². The second-order valence-electron chi connectivity index (χ2n) is 22.9. The smallest absolute Gasteiger partial charge is 0.246 e. The average Bonchev–Trinajstić information content (AvgIpc) is 4.05. The van der Waals surface area contributed by atoms with Gasteiger partial charge in [0.2, 0.25) is 35.4 Å². The van der Waals surface area contributed by atoms with Gasteiger partial charge in [-0.05, 0) is 158 Å². The fourth-order valence-corrected chi connectivity index (χ4v) is 13.0. The number of nitrogens with one attached hydrogen (secondary N) is 6. The number of carbonyl (C=O) groups excluding carboxylic acids is 6. The Bertz CT molecular complexity index is 2200. The lowest BCUT2D eigenvalue weighted by Crippen LogP contribution is -2.58. The molecular weight excluding hydrogens is 981 g/mol. The van der Waals surface area contributed by atoms with E-state index in [1.807, 2.05) is 36.4 Å². The van der Waals surface area contributed by atoms with Gasteiger partial charge in [-0.3, -0.25) is 28.8 Å². The van der Waals surface area contributed by atoms with Gasteiger partial charge in [-0.15, -0.1) is 0 Å². The topological polar surface area (TPSA) is 240 Å². The number of carbonyl (C=O) groups is 6. The summed E-state index contributed by atoms with van der Waals surface area (Å²) >= 11 is 0. The van der Waals surface area contributed by atoms with Crippen molar-refractivity contribution in [2.75, 3.05) is 40.4 Å². The molecule has 8 rings (SSSR count). The largest absolute Gasteiger partial charge is 0.493 e. The number of β-amino-alcohol motifs (C(OH)–C–C–N with tert-alkyl or cyclic N) is 2. The Labute approximate surface area is 455 Å². The van der Waals surface area contributed by atoms with E-state index >= 15 is 0 Å². The number of fused-ring (bicyclic) bond motifs is 2. The summed E-state index contributed by atoms with van der Waals surface area (Å²) in [4.78, 5) is 86.1. The molecule has 18 nitrogen and oxygen atoms in total. The highest BCUT2D eigenvalue weighted by Gasteiger charge is 2.46. The van der Waals surface area contributed by atoms with Gasteiger partial charge in [0.1, 0.15) is 35.7 Å². The van der Waals surface area contributed by atoms with Gasteiger partial charge in [0.15, 0.2) is 0 Å². The second-order valence-corrected chi connectivity index (χ2v) is 22.9. The lowest BCUT2D eigenvalue weighted by molar-refractivity contribution is -0.143. The van der Waals surface area contributed by atoms with Crippen LogP contribution in [-0.2, 0) is 41.6 Å². The summed E-state index contributed by atoms with van der Waals surface area (Å²) in [5.41, 5.74) is 4.15. The highest BCUT2D eigenvalue weighted by molar-refractivity contribution is 5.95. The minimum absolute atomic E-state index is 0.0309. The predicted molar refractivity (Wildman–Crippen MR) is 292 cm³/mol. The van der Waals surface area contributed by atoms with Crippen LogP contribution in [0.15, 0.2) is 36.4 Å². The van der Waals surface area contributed by atoms with Gasteiger partial charge in [0, 0.05) is 25.9 Å². The third-order valence-electron chi connectivity index (χ3n) is 17.6. The number of unbranched alkanes of at least 4 members (excludes halogenated alkanes) is 2. The highest BCUT2D eigenvalue weighted by Crippen LogP contribution is 2.39. The Hall–Kier alpha value is -5.30. The zero-order chi connectivity index (χ0) is 54.6. The first-order valence-corrected chi connectivity index (χ1v) is 29.3. The predicted octanol–water partition coefficient (Wildman–Crippen LogP) is 4.57. The van der Waals surface area contributed by atoms with Crippen molar-refractivity contribution in [1.29, 1.82) is 0 Å². The number of aliphatic hydroxyl groups is 2. The molecule has 6 amide bonds. The van der Waals surface area contributed by atoms with Gasteiger partial charge in [0.25, 0.3) is 0 Å². The Morgan fingerprint density at radius 1 is 0.558 bits per heavy atom. The van der Waals surface area contributed by atoms with Gasteiger partial charge in [-0.1, -0.05) is 62.8 Å². The van der Waals surface area contributed by atoms with E-state index in [1.165, 1.54) is 9.80 Å². The van der Waals surface area contributed by atoms with E-state index < -0.39 is 48.5 Å².